The maximum absolute atomic E-state index is 14.6. The Labute approximate surface area is 301 Å². The fourth-order valence-corrected chi connectivity index (χ4v) is 6.93. The first-order valence-electron chi connectivity index (χ1n) is 16.2. The van der Waals surface area contributed by atoms with Crippen LogP contribution in [0.2, 0.25) is 5.02 Å². The van der Waals surface area contributed by atoms with E-state index in [0.717, 1.165) is 23.0 Å². The second-order valence-corrected chi connectivity index (χ2v) is 13.1. The minimum Gasteiger partial charge on any atom is -0.504 e. The molecule has 2 unspecified atom stereocenters. The van der Waals surface area contributed by atoms with E-state index in [1.165, 1.54) is 30.3 Å². The number of nitrogens with one attached hydrogen (secondary N) is 1. The third-order valence-electron chi connectivity index (χ3n) is 9.40. The summed E-state index contributed by atoms with van der Waals surface area (Å²) >= 11 is 6.16. The van der Waals surface area contributed by atoms with E-state index in [9.17, 15) is 41.8 Å². The molecule has 0 bridgehead atoms. The molecule has 2 aromatic carbocycles. The highest BCUT2D eigenvalue weighted by atomic mass is 35.5. The molecule has 1 fully saturated rings. The van der Waals surface area contributed by atoms with E-state index in [2.05, 4.69) is 25.5 Å². The summed E-state index contributed by atoms with van der Waals surface area (Å²) < 4.78 is 56.0. The Morgan fingerprint density at radius 3 is 2.45 bits per heavy atom. The molecule has 274 valence electrons. The van der Waals surface area contributed by atoms with Gasteiger partial charge in [-0.2, -0.15) is 13.2 Å². The summed E-state index contributed by atoms with van der Waals surface area (Å²) in [5.74, 6) is -2.79. The molecule has 14 nitrogen and oxygen atoms in total. The van der Waals surface area contributed by atoms with Crippen LogP contribution < -0.4 is 15.6 Å². The zero-order valence-electron chi connectivity index (χ0n) is 27.9. The molecule has 1 saturated heterocycles. The van der Waals surface area contributed by atoms with Gasteiger partial charge in [-0.25, -0.2) is 14.4 Å². The number of pyridine rings is 1. The van der Waals surface area contributed by atoms with Crippen molar-refractivity contribution in [3.63, 3.8) is 0 Å². The predicted octanol–water partition coefficient (Wildman–Crippen LogP) is 4.66. The van der Waals surface area contributed by atoms with Gasteiger partial charge in [0.15, 0.2) is 28.9 Å². The largest absolute Gasteiger partial charge is 0.504 e. The number of aromatic hydroxyl groups is 1. The summed E-state index contributed by atoms with van der Waals surface area (Å²) in [6, 6.07) is 5.12. The molecule has 0 aliphatic carbocycles. The van der Waals surface area contributed by atoms with Crippen LogP contribution in [0, 0.1) is 12.7 Å². The van der Waals surface area contributed by atoms with Crippen molar-refractivity contribution in [1.82, 2.24) is 34.4 Å². The number of hydrogen-bond donors (Lipinski definition) is 2. The molecule has 7 rings (SSSR count). The first-order valence-corrected chi connectivity index (χ1v) is 16.6. The Kier molecular flexibility index (Phi) is 8.87. The van der Waals surface area contributed by atoms with Crippen LogP contribution in [0.5, 0.6) is 5.75 Å². The van der Waals surface area contributed by atoms with Crippen LogP contribution in [0.3, 0.4) is 0 Å². The molecule has 5 heterocycles. The number of aryl methyl sites for hydroxylation is 1. The number of anilines is 2. The lowest BCUT2D eigenvalue weighted by Crippen LogP contribution is -2.50. The minimum atomic E-state index is -4.66. The summed E-state index contributed by atoms with van der Waals surface area (Å²) in [5.41, 5.74) is -1.18. The van der Waals surface area contributed by atoms with E-state index >= 15 is 0 Å². The van der Waals surface area contributed by atoms with Gasteiger partial charge in [0.05, 0.1) is 38.9 Å². The van der Waals surface area contributed by atoms with Gasteiger partial charge in [-0.3, -0.25) is 19.2 Å². The summed E-state index contributed by atoms with van der Waals surface area (Å²) in [4.78, 5) is 64.9. The third-order valence-corrected chi connectivity index (χ3v) is 9.71. The van der Waals surface area contributed by atoms with Crippen molar-refractivity contribution in [2.45, 2.75) is 38.4 Å². The van der Waals surface area contributed by atoms with Gasteiger partial charge in [0.2, 0.25) is 11.3 Å². The van der Waals surface area contributed by atoms with Gasteiger partial charge in [-0.15, -0.1) is 15.0 Å². The SMILES string of the molecule is Cc1ncnc(C(=O)N2CCN(c3c4n(c5nn(-c6ccc(C=O)c(F)c6)nc5c3=O)C(C(=O)Nc3ccc(C(F)(F)F)cc3Cl)CC4C)CC2)c1O. The van der Waals surface area contributed by atoms with Gasteiger partial charge in [0, 0.05) is 38.2 Å². The number of piperazine rings is 1. The first kappa shape index (κ1) is 35.5. The Morgan fingerprint density at radius 2 is 1.79 bits per heavy atom. The van der Waals surface area contributed by atoms with Crippen LogP contribution in [0.4, 0.5) is 28.9 Å². The van der Waals surface area contributed by atoms with E-state index in [4.69, 9.17) is 11.6 Å². The zero-order chi connectivity index (χ0) is 37.9. The summed E-state index contributed by atoms with van der Waals surface area (Å²) in [5, 5.41) is 21.5. The molecule has 2 atom stereocenters. The Bertz CT molecular complexity index is 2390. The van der Waals surface area contributed by atoms with Crippen molar-refractivity contribution >= 4 is 52.2 Å². The second-order valence-electron chi connectivity index (χ2n) is 12.7. The Balaban J connectivity index is 1.29. The van der Waals surface area contributed by atoms with Gasteiger partial charge in [0.25, 0.3) is 5.91 Å². The highest BCUT2D eigenvalue weighted by molar-refractivity contribution is 6.33. The Morgan fingerprint density at radius 1 is 1.06 bits per heavy atom. The van der Waals surface area contributed by atoms with E-state index in [1.54, 1.807) is 16.4 Å². The monoisotopic (exact) mass is 753 g/mol. The molecule has 3 aromatic heterocycles. The number of aromatic nitrogens is 6. The van der Waals surface area contributed by atoms with E-state index in [-0.39, 0.29) is 88.5 Å². The molecule has 2 aliphatic rings. The summed E-state index contributed by atoms with van der Waals surface area (Å²) in [6.45, 7) is 3.95. The molecular weight excluding hydrogens is 726 g/mol. The minimum absolute atomic E-state index is 0.0138. The quantitative estimate of drug-likeness (QED) is 0.184. The van der Waals surface area contributed by atoms with Crippen LogP contribution in [-0.4, -0.2) is 83.8 Å². The number of aldehydes is 1. The van der Waals surface area contributed by atoms with Crippen molar-refractivity contribution in [3.05, 3.63) is 92.0 Å². The van der Waals surface area contributed by atoms with Gasteiger partial charge in [-0.05, 0) is 43.7 Å². The smallest absolute Gasteiger partial charge is 0.416 e. The molecule has 0 spiro atoms. The van der Waals surface area contributed by atoms with Crippen molar-refractivity contribution < 1.29 is 37.1 Å². The van der Waals surface area contributed by atoms with Crippen LogP contribution in [0.15, 0.2) is 47.5 Å². The molecule has 5 aromatic rings. The average Bonchev–Trinajstić information content (AvgIpc) is 3.72. The third kappa shape index (κ3) is 6.21. The van der Waals surface area contributed by atoms with E-state index in [1.807, 2.05) is 0 Å². The number of rotatable bonds is 6. The molecule has 2 N–H and O–H groups in total. The van der Waals surface area contributed by atoms with Crippen molar-refractivity contribution in [2.75, 3.05) is 36.4 Å². The number of alkyl halides is 3. The van der Waals surface area contributed by atoms with Crippen LogP contribution in [0.1, 0.15) is 63.1 Å². The molecule has 2 amide bonds. The normalized spacial score (nSPS) is 17.3. The van der Waals surface area contributed by atoms with Gasteiger partial charge < -0.3 is 24.8 Å². The average molecular weight is 754 g/mol. The highest BCUT2D eigenvalue weighted by Gasteiger charge is 2.41. The summed E-state index contributed by atoms with van der Waals surface area (Å²) in [6.07, 6.45) is -2.99. The highest BCUT2D eigenvalue weighted by Crippen LogP contribution is 2.43. The predicted molar refractivity (Wildman–Crippen MR) is 182 cm³/mol. The molecule has 19 heteroatoms. The molecule has 0 radical (unpaired) electrons. The first-order chi connectivity index (χ1) is 25.2. The lowest BCUT2D eigenvalue weighted by molar-refractivity contribution is -0.137. The van der Waals surface area contributed by atoms with Crippen molar-refractivity contribution in [1.29, 1.82) is 0 Å². The number of carbonyl (C=O) groups is 3. The topological polar surface area (TPSA) is 168 Å². The van der Waals surface area contributed by atoms with Crippen LogP contribution in [0.25, 0.3) is 16.9 Å². The number of halogens is 5. The number of fused-ring (bicyclic) bond motifs is 3. The lowest BCUT2D eigenvalue weighted by Gasteiger charge is -2.36. The van der Waals surface area contributed by atoms with E-state index < -0.39 is 46.8 Å². The Hall–Kier alpha value is -5.91. The van der Waals surface area contributed by atoms with Gasteiger partial charge in [0.1, 0.15) is 23.9 Å². The standard InChI is InChI=1S/C34H28ClF4N9O5/c1-16-11-24(32(52)42-23-6-4-19(12-21(23)35)34(37,38)39)47-27(16)28(45-7-9-46(10-8-45)33(53)26-29(50)17(2)40-15-41-26)30(51)25-31(47)44-48(43-25)20-5-3-18(14-49)22(36)13-20/h3-6,12-16,24,50H,7-11H2,1-2H3,(H,42,52). The van der Waals surface area contributed by atoms with Crippen molar-refractivity contribution in [3.8, 4) is 11.4 Å². The molecular formula is C34H28ClF4N9O5. The number of nitrogens with zero attached hydrogens (tertiary/aromatic N) is 8. The van der Waals surface area contributed by atoms with Gasteiger partial charge >= 0.3 is 6.18 Å². The lowest BCUT2D eigenvalue weighted by atomic mass is 10.0. The van der Waals surface area contributed by atoms with Gasteiger partial charge in [-0.1, -0.05) is 18.5 Å². The van der Waals surface area contributed by atoms with Crippen molar-refractivity contribution in [2.24, 2.45) is 0 Å². The number of hydrogen-bond acceptors (Lipinski definition) is 10. The number of benzene rings is 2. The fraction of sp³-hybridized carbons (Fsp3) is 0.294. The maximum Gasteiger partial charge on any atom is 0.416 e. The number of carbonyl (C=O) groups excluding carboxylic acids is 3. The zero-order valence-corrected chi connectivity index (χ0v) is 28.6. The fourth-order valence-electron chi connectivity index (χ4n) is 6.70. The molecule has 0 saturated carbocycles. The molecule has 53 heavy (non-hydrogen) atoms. The maximum atomic E-state index is 14.6. The van der Waals surface area contributed by atoms with Crippen LogP contribution in [-0.2, 0) is 11.0 Å². The summed E-state index contributed by atoms with van der Waals surface area (Å²) in [7, 11) is 0. The van der Waals surface area contributed by atoms with E-state index in [0.29, 0.717) is 18.0 Å². The van der Waals surface area contributed by atoms with Crippen LogP contribution >= 0.6 is 11.6 Å². The number of amides is 2. The molecule has 2 aliphatic heterocycles. The second kappa shape index (κ2) is 13.3.